The molecular weight excluding hydrogens is 251 g/mol. The number of rotatable bonds is 3. The molecule has 2 rings (SSSR count). The van der Waals surface area contributed by atoms with Gasteiger partial charge in [0.25, 0.3) is 0 Å². The van der Waals surface area contributed by atoms with Crippen molar-refractivity contribution in [3.05, 3.63) is 18.0 Å². The maximum atomic E-state index is 6.15. The van der Waals surface area contributed by atoms with E-state index in [0.29, 0.717) is 11.6 Å². The van der Waals surface area contributed by atoms with Crippen LogP contribution in [0, 0.1) is 5.92 Å². The standard InChI is InChI=1S/C15H25BN2O2/c1-10(2)9-12-13(11(17)7-8-18-12)16-19-14(3,4)15(5,6)20-16/h7-8,10H,9H2,1-6H3,(H2,17,18). The van der Waals surface area contributed by atoms with E-state index in [-0.39, 0.29) is 11.2 Å². The summed E-state index contributed by atoms with van der Waals surface area (Å²) in [5.74, 6) is 0.505. The average molecular weight is 276 g/mol. The Kier molecular flexibility index (Phi) is 3.86. The maximum absolute atomic E-state index is 6.15. The van der Waals surface area contributed by atoms with Gasteiger partial charge in [0.15, 0.2) is 0 Å². The molecule has 20 heavy (non-hydrogen) atoms. The minimum atomic E-state index is -0.442. The largest absolute Gasteiger partial charge is 0.498 e. The van der Waals surface area contributed by atoms with Crippen LogP contribution in [-0.4, -0.2) is 23.3 Å². The summed E-state index contributed by atoms with van der Waals surface area (Å²) in [5.41, 5.74) is 7.97. The zero-order valence-electron chi connectivity index (χ0n) is 13.4. The molecule has 0 saturated carbocycles. The van der Waals surface area contributed by atoms with E-state index in [1.807, 2.05) is 33.8 Å². The summed E-state index contributed by atoms with van der Waals surface area (Å²) in [5, 5.41) is 0. The maximum Gasteiger partial charge on any atom is 0.498 e. The molecule has 4 nitrogen and oxygen atoms in total. The van der Waals surface area contributed by atoms with E-state index in [9.17, 15) is 0 Å². The molecular formula is C15H25BN2O2. The van der Waals surface area contributed by atoms with Gasteiger partial charge >= 0.3 is 7.12 Å². The third kappa shape index (κ3) is 2.70. The van der Waals surface area contributed by atoms with Crippen molar-refractivity contribution in [1.82, 2.24) is 4.98 Å². The molecule has 110 valence electrons. The molecule has 0 unspecified atom stereocenters. The Morgan fingerprint density at radius 1 is 1.20 bits per heavy atom. The van der Waals surface area contributed by atoms with E-state index >= 15 is 0 Å². The van der Waals surface area contributed by atoms with Gasteiger partial charge in [-0.15, -0.1) is 0 Å². The molecule has 0 radical (unpaired) electrons. The third-order valence-electron chi connectivity index (χ3n) is 4.20. The lowest BCUT2D eigenvalue weighted by molar-refractivity contribution is 0.00578. The first-order valence-electron chi connectivity index (χ1n) is 7.23. The predicted octanol–water partition coefficient (Wildman–Crippen LogP) is 2.16. The molecule has 0 bridgehead atoms. The molecule has 0 aromatic carbocycles. The van der Waals surface area contributed by atoms with Crippen LogP contribution in [0.5, 0.6) is 0 Å². The van der Waals surface area contributed by atoms with E-state index in [4.69, 9.17) is 15.0 Å². The van der Waals surface area contributed by atoms with Gasteiger partial charge in [0.05, 0.1) is 11.2 Å². The molecule has 1 aliphatic rings. The zero-order chi connectivity index (χ0) is 15.1. The number of hydrogen-bond donors (Lipinski definition) is 1. The summed E-state index contributed by atoms with van der Waals surface area (Å²) < 4.78 is 12.2. The summed E-state index contributed by atoms with van der Waals surface area (Å²) in [4.78, 5) is 4.48. The SMILES string of the molecule is CC(C)Cc1nccc(N)c1B1OC(C)(C)C(C)(C)O1. The summed E-state index contributed by atoms with van der Waals surface area (Å²) >= 11 is 0. The Morgan fingerprint density at radius 3 is 2.25 bits per heavy atom. The normalized spacial score (nSPS) is 20.6. The van der Waals surface area contributed by atoms with Gasteiger partial charge in [0.1, 0.15) is 0 Å². The summed E-state index contributed by atoms with van der Waals surface area (Å²) in [6.45, 7) is 12.5. The molecule has 2 heterocycles. The Labute approximate surface area is 122 Å². The number of nitrogens with zero attached hydrogens (tertiary/aromatic N) is 1. The first kappa shape index (κ1) is 15.3. The molecule has 1 aromatic rings. The molecule has 1 aliphatic heterocycles. The Balaban J connectivity index is 2.39. The van der Waals surface area contributed by atoms with Crippen molar-refractivity contribution in [3.63, 3.8) is 0 Å². The number of nitrogen functional groups attached to an aromatic ring is 1. The van der Waals surface area contributed by atoms with Crippen LogP contribution in [0.4, 0.5) is 5.69 Å². The minimum Gasteiger partial charge on any atom is -0.399 e. The first-order chi connectivity index (χ1) is 9.14. The molecule has 1 aromatic heterocycles. The van der Waals surface area contributed by atoms with Crippen molar-refractivity contribution < 1.29 is 9.31 Å². The topological polar surface area (TPSA) is 57.4 Å². The number of anilines is 1. The quantitative estimate of drug-likeness (QED) is 0.859. The van der Waals surface area contributed by atoms with Crippen LogP contribution < -0.4 is 11.2 Å². The van der Waals surface area contributed by atoms with Crippen molar-refractivity contribution in [2.24, 2.45) is 5.92 Å². The second kappa shape index (κ2) is 5.04. The summed E-state index contributed by atoms with van der Waals surface area (Å²) in [7, 11) is -0.442. The van der Waals surface area contributed by atoms with Gasteiger partial charge < -0.3 is 15.0 Å². The van der Waals surface area contributed by atoms with Gasteiger partial charge in [-0.2, -0.15) is 0 Å². The lowest BCUT2D eigenvalue weighted by Gasteiger charge is -2.32. The first-order valence-corrected chi connectivity index (χ1v) is 7.23. The van der Waals surface area contributed by atoms with Crippen molar-refractivity contribution in [3.8, 4) is 0 Å². The van der Waals surface area contributed by atoms with Gasteiger partial charge in [-0.3, -0.25) is 4.98 Å². The van der Waals surface area contributed by atoms with Crippen molar-refractivity contribution in [1.29, 1.82) is 0 Å². The van der Waals surface area contributed by atoms with Crippen LogP contribution in [0.15, 0.2) is 12.3 Å². The van der Waals surface area contributed by atoms with Gasteiger partial charge in [-0.1, -0.05) is 13.8 Å². The fourth-order valence-corrected chi connectivity index (χ4v) is 2.32. The molecule has 5 heteroatoms. The van der Waals surface area contributed by atoms with E-state index in [2.05, 4.69) is 18.8 Å². The highest BCUT2D eigenvalue weighted by atomic mass is 16.7. The number of hydrogen-bond acceptors (Lipinski definition) is 4. The smallest absolute Gasteiger partial charge is 0.399 e. The van der Waals surface area contributed by atoms with E-state index in [1.54, 1.807) is 6.20 Å². The fourth-order valence-electron chi connectivity index (χ4n) is 2.32. The second-order valence-corrected chi connectivity index (χ2v) is 6.95. The molecule has 1 fully saturated rings. The summed E-state index contributed by atoms with van der Waals surface area (Å²) in [6.07, 6.45) is 2.62. The van der Waals surface area contributed by atoms with Gasteiger partial charge in [-0.05, 0) is 46.1 Å². The van der Waals surface area contributed by atoms with Crippen LogP contribution in [-0.2, 0) is 15.7 Å². The predicted molar refractivity (Wildman–Crippen MR) is 82.9 cm³/mol. The van der Waals surface area contributed by atoms with Gasteiger partial charge in [0, 0.05) is 23.0 Å². The average Bonchev–Trinajstić information content (AvgIpc) is 2.46. The fraction of sp³-hybridized carbons (Fsp3) is 0.667. The Hall–Kier alpha value is -1.07. The molecule has 0 spiro atoms. The molecule has 0 aliphatic carbocycles. The van der Waals surface area contributed by atoms with Crippen LogP contribution in [0.25, 0.3) is 0 Å². The van der Waals surface area contributed by atoms with Crippen molar-refractivity contribution in [2.45, 2.75) is 59.2 Å². The lowest BCUT2D eigenvalue weighted by Crippen LogP contribution is -2.41. The highest BCUT2D eigenvalue weighted by molar-refractivity contribution is 6.64. The Bertz CT molecular complexity index is 485. The van der Waals surface area contributed by atoms with Crippen LogP contribution >= 0.6 is 0 Å². The van der Waals surface area contributed by atoms with E-state index < -0.39 is 7.12 Å². The monoisotopic (exact) mass is 276 g/mol. The van der Waals surface area contributed by atoms with Crippen LogP contribution in [0.3, 0.4) is 0 Å². The summed E-state index contributed by atoms with van der Waals surface area (Å²) in [6, 6.07) is 1.81. The van der Waals surface area contributed by atoms with E-state index in [1.165, 1.54) is 0 Å². The zero-order valence-corrected chi connectivity index (χ0v) is 13.4. The third-order valence-corrected chi connectivity index (χ3v) is 4.20. The highest BCUT2D eigenvalue weighted by Crippen LogP contribution is 2.37. The number of nitrogens with two attached hydrogens (primary N) is 1. The highest BCUT2D eigenvalue weighted by Gasteiger charge is 2.52. The molecule has 1 saturated heterocycles. The number of aromatic nitrogens is 1. The van der Waals surface area contributed by atoms with Gasteiger partial charge in [-0.25, -0.2) is 0 Å². The van der Waals surface area contributed by atoms with Crippen LogP contribution in [0.1, 0.15) is 47.2 Å². The molecule has 0 atom stereocenters. The molecule has 2 N–H and O–H groups in total. The number of pyridine rings is 1. The van der Waals surface area contributed by atoms with Crippen molar-refractivity contribution >= 4 is 18.3 Å². The van der Waals surface area contributed by atoms with E-state index in [0.717, 1.165) is 17.6 Å². The Morgan fingerprint density at radius 2 is 1.75 bits per heavy atom. The molecule has 0 amide bonds. The lowest BCUT2D eigenvalue weighted by atomic mass is 9.75. The minimum absolute atomic E-state index is 0.366. The van der Waals surface area contributed by atoms with Gasteiger partial charge in [0.2, 0.25) is 0 Å². The van der Waals surface area contributed by atoms with Crippen molar-refractivity contribution in [2.75, 3.05) is 5.73 Å². The van der Waals surface area contributed by atoms with Crippen LogP contribution in [0.2, 0.25) is 0 Å². The second-order valence-electron chi connectivity index (χ2n) is 6.95.